The number of carboxylic acids is 1. The van der Waals surface area contributed by atoms with Crippen LogP contribution >= 0.6 is 0 Å². The van der Waals surface area contributed by atoms with Crippen LogP contribution in [0.1, 0.15) is 17.9 Å². The van der Waals surface area contributed by atoms with Crippen molar-refractivity contribution in [3.63, 3.8) is 0 Å². The molecule has 14 heavy (non-hydrogen) atoms. The lowest BCUT2D eigenvalue weighted by atomic mass is 10.1. The zero-order valence-electron chi connectivity index (χ0n) is 7.21. The first-order chi connectivity index (χ1) is 6.59. The van der Waals surface area contributed by atoms with E-state index in [2.05, 4.69) is 0 Å². The molecule has 0 bridgehead atoms. The molecule has 1 aromatic rings. The van der Waals surface area contributed by atoms with Crippen LogP contribution in [0.4, 0.5) is 8.78 Å². The molecule has 0 heterocycles. The topological polar surface area (TPSA) is 37.3 Å². The van der Waals surface area contributed by atoms with Gasteiger partial charge in [0, 0.05) is 0 Å². The molecule has 1 saturated carbocycles. The van der Waals surface area contributed by atoms with Crippen molar-refractivity contribution in [3.8, 4) is 0 Å². The molecular formula is C10H8F2O2. The van der Waals surface area contributed by atoms with Gasteiger partial charge < -0.3 is 5.11 Å². The minimum absolute atomic E-state index is 0.150. The smallest absolute Gasteiger partial charge is 0.307 e. The van der Waals surface area contributed by atoms with Gasteiger partial charge in [-0.2, -0.15) is 0 Å². The van der Waals surface area contributed by atoms with E-state index >= 15 is 0 Å². The van der Waals surface area contributed by atoms with E-state index in [1.54, 1.807) is 0 Å². The van der Waals surface area contributed by atoms with Gasteiger partial charge in [-0.25, -0.2) is 8.78 Å². The quantitative estimate of drug-likeness (QED) is 0.790. The summed E-state index contributed by atoms with van der Waals surface area (Å²) in [5.41, 5.74) is 0.566. The van der Waals surface area contributed by atoms with E-state index in [4.69, 9.17) is 5.11 Å². The van der Waals surface area contributed by atoms with E-state index in [0.717, 1.165) is 12.1 Å². The van der Waals surface area contributed by atoms with Gasteiger partial charge in [0.2, 0.25) is 0 Å². The highest BCUT2D eigenvalue weighted by Crippen LogP contribution is 2.47. The molecule has 1 aromatic carbocycles. The second kappa shape index (κ2) is 3.04. The molecule has 0 spiro atoms. The van der Waals surface area contributed by atoms with E-state index in [9.17, 15) is 13.6 Å². The van der Waals surface area contributed by atoms with Gasteiger partial charge in [-0.1, -0.05) is 6.07 Å². The largest absolute Gasteiger partial charge is 0.481 e. The molecule has 1 aliphatic rings. The number of carboxylic acid groups (broad SMARTS) is 1. The maximum atomic E-state index is 12.8. The third-order valence-corrected chi connectivity index (χ3v) is 2.48. The predicted molar refractivity (Wildman–Crippen MR) is 44.8 cm³/mol. The minimum atomic E-state index is -0.918. The molecule has 0 amide bonds. The number of carbonyl (C=O) groups is 1. The molecule has 4 heteroatoms. The molecule has 0 saturated heterocycles. The van der Waals surface area contributed by atoms with Crippen molar-refractivity contribution in [2.24, 2.45) is 5.92 Å². The zero-order valence-corrected chi connectivity index (χ0v) is 7.21. The van der Waals surface area contributed by atoms with Crippen LogP contribution in [0, 0.1) is 17.6 Å². The predicted octanol–water partition coefficient (Wildman–Crippen LogP) is 2.15. The van der Waals surface area contributed by atoms with Crippen LogP contribution < -0.4 is 0 Å². The minimum Gasteiger partial charge on any atom is -0.481 e. The first-order valence-corrected chi connectivity index (χ1v) is 4.27. The van der Waals surface area contributed by atoms with Gasteiger partial charge in [0.15, 0.2) is 11.6 Å². The lowest BCUT2D eigenvalue weighted by molar-refractivity contribution is -0.138. The summed E-state index contributed by atoms with van der Waals surface area (Å²) in [6, 6.07) is 3.54. The average Bonchev–Trinajstić information content (AvgIpc) is 2.89. The van der Waals surface area contributed by atoms with E-state index < -0.39 is 23.5 Å². The molecule has 0 aliphatic heterocycles. The van der Waals surface area contributed by atoms with Crippen LogP contribution in [0.5, 0.6) is 0 Å². The fourth-order valence-corrected chi connectivity index (χ4v) is 1.58. The van der Waals surface area contributed by atoms with Gasteiger partial charge in [-0.05, 0) is 30.0 Å². The highest BCUT2D eigenvalue weighted by atomic mass is 19.2. The molecule has 1 N–H and O–H groups in total. The van der Waals surface area contributed by atoms with E-state index in [0.29, 0.717) is 12.0 Å². The lowest BCUT2D eigenvalue weighted by Crippen LogP contribution is -1.99. The highest BCUT2D eigenvalue weighted by Gasteiger charge is 2.44. The first-order valence-electron chi connectivity index (χ1n) is 4.27. The Morgan fingerprint density at radius 3 is 2.57 bits per heavy atom. The van der Waals surface area contributed by atoms with Crippen LogP contribution in [0.25, 0.3) is 0 Å². The molecule has 2 nitrogen and oxygen atoms in total. The maximum absolute atomic E-state index is 12.8. The summed E-state index contributed by atoms with van der Waals surface area (Å²) in [6.07, 6.45) is 0.514. The molecule has 0 radical (unpaired) electrons. The average molecular weight is 198 g/mol. The monoisotopic (exact) mass is 198 g/mol. The summed E-state index contributed by atoms with van der Waals surface area (Å²) in [4.78, 5) is 10.5. The second-order valence-electron chi connectivity index (χ2n) is 3.46. The van der Waals surface area contributed by atoms with Gasteiger partial charge in [0.1, 0.15) is 0 Å². The molecule has 2 atom stereocenters. The van der Waals surface area contributed by atoms with E-state index in [1.807, 2.05) is 0 Å². The van der Waals surface area contributed by atoms with Crippen molar-refractivity contribution in [1.29, 1.82) is 0 Å². The number of halogens is 2. The van der Waals surface area contributed by atoms with Crippen molar-refractivity contribution in [2.75, 3.05) is 0 Å². The van der Waals surface area contributed by atoms with E-state index in [1.165, 1.54) is 6.07 Å². The number of hydrogen-bond acceptors (Lipinski definition) is 1. The van der Waals surface area contributed by atoms with Gasteiger partial charge in [-0.3, -0.25) is 4.79 Å². The van der Waals surface area contributed by atoms with Gasteiger partial charge in [0.25, 0.3) is 0 Å². The van der Waals surface area contributed by atoms with Gasteiger partial charge in [-0.15, -0.1) is 0 Å². The zero-order chi connectivity index (χ0) is 10.3. The van der Waals surface area contributed by atoms with Crippen molar-refractivity contribution < 1.29 is 18.7 Å². The van der Waals surface area contributed by atoms with Crippen molar-refractivity contribution >= 4 is 5.97 Å². The number of hydrogen-bond donors (Lipinski definition) is 1. The summed E-state index contributed by atoms with van der Waals surface area (Å²) in [5, 5.41) is 8.64. The second-order valence-corrected chi connectivity index (χ2v) is 3.46. The third kappa shape index (κ3) is 1.47. The Labute approximate surface area is 79.2 Å². The van der Waals surface area contributed by atoms with Gasteiger partial charge >= 0.3 is 5.97 Å². The van der Waals surface area contributed by atoms with Crippen LogP contribution in [-0.2, 0) is 4.79 Å². The molecule has 1 aliphatic carbocycles. The lowest BCUT2D eigenvalue weighted by Gasteiger charge is -1.99. The van der Waals surface area contributed by atoms with Crippen molar-refractivity contribution in [2.45, 2.75) is 12.3 Å². The Kier molecular flexibility index (Phi) is 1.98. The fourth-order valence-electron chi connectivity index (χ4n) is 1.58. The van der Waals surface area contributed by atoms with Crippen molar-refractivity contribution in [1.82, 2.24) is 0 Å². The van der Waals surface area contributed by atoms with Crippen LogP contribution in [-0.4, -0.2) is 11.1 Å². The summed E-state index contributed by atoms with van der Waals surface area (Å²) in [7, 11) is 0. The Morgan fingerprint density at radius 1 is 1.36 bits per heavy atom. The molecule has 2 rings (SSSR count). The standard InChI is InChI=1S/C10H8F2O2/c11-8-2-1-5(3-9(8)12)6-4-7(6)10(13)14/h1-3,6-7H,4H2,(H,13,14)/t6-,7-/m0/s1. The first kappa shape index (κ1) is 9.12. The third-order valence-electron chi connectivity index (χ3n) is 2.48. The molecule has 74 valence electrons. The summed E-state index contributed by atoms with van der Waals surface area (Å²) < 4.78 is 25.3. The fraction of sp³-hybridized carbons (Fsp3) is 0.300. The van der Waals surface area contributed by atoms with Crippen molar-refractivity contribution in [3.05, 3.63) is 35.4 Å². The Balaban J connectivity index is 2.20. The van der Waals surface area contributed by atoms with Crippen LogP contribution in [0.15, 0.2) is 18.2 Å². The number of rotatable bonds is 2. The summed E-state index contributed by atoms with van der Waals surface area (Å²) in [5.74, 6) is -3.28. The molecule has 0 aromatic heterocycles. The number of benzene rings is 1. The van der Waals surface area contributed by atoms with Gasteiger partial charge in [0.05, 0.1) is 5.92 Å². The Hall–Kier alpha value is -1.45. The number of aliphatic carboxylic acids is 1. The molecule has 0 unspecified atom stereocenters. The summed E-state index contributed by atoms with van der Waals surface area (Å²) >= 11 is 0. The van der Waals surface area contributed by atoms with Crippen LogP contribution in [0.2, 0.25) is 0 Å². The maximum Gasteiger partial charge on any atom is 0.307 e. The highest BCUT2D eigenvalue weighted by molar-refractivity contribution is 5.75. The Morgan fingerprint density at radius 2 is 2.07 bits per heavy atom. The molecule has 1 fully saturated rings. The normalized spacial score (nSPS) is 24.7. The van der Waals surface area contributed by atoms with E-state index in [-0.39, 0.29) is 5.92 Å². The Bertz CT molecular complexity index is 390. The summed E-state index contributed by atoms with van der Waals surface area (Å²) in [6.45, 7) is 0. The van der Waals surface area contributed by atoms with Crippen LogP contribution in [0.3, 0.4) is 0 Å². The SMILES string of the molecule is O=C(O)[C@H]1C[C@H]1c1ccc(F)c(F)c1. The molecular weight excluding hydrogens is 190 g/mol.